The summed E-state index contributed by atoms with van der Waals surface area (Å²) in [6.07, 6.45) is 0.861. The van der Waals surface area contributed by atoms with Crippen molar-refractivity contribution in [2.24, 2.45) is 23.0 Å². The van der Waals surface area contributed by atoms with E-state index in [1.165, 1.54) is 39.3 Å². The Balaban J connectivity index is 0.000000115. The van der Waals surface area contributed by atoms with Gasteiger partial charge in [-0.3, -0.25) is 9.80 Å². The first-order chi connectivity index (χ1) is 15.2. The fraction of sp³-hybridized carbons (Fsp3) is 1.00. The van der Waals surface area contributed by atoms with E-state index in [9.17, 15) is 0 Å². The van der Waals surface area contributed by atoms with Gasteiger partial charge in [0.15, 0.2) is 0 Å². The summed E-state index contributed by atoms with van der Waals surface area (Å²) in [5.41, 5.74) is 6.52. The highest BCUT2D eigenvalue weighted by atomic mass is 16.5. The van der Waals surface area contributed by atoms with Crippen molar-refractivity contribution in [3.63, 3.8) is 0 Å². The quantitative estimate of drug-likeness (QED) is 0.583. The average Bonchev–Trinajstić information content (AvgIpc) is 3.07. The van der Waals surface area contributed by atoms with Gasteiger partial charge >= 0.3 is 0 Å². The van der Waals surface area contributed by atoms with Crippen molar-refractivity contribution in [1.82, 2.24) is 25.3 Å². The van der Waals surface area contributed by atoms with Gasteiger partial charge in [0.25, 0.3) is 0 Å². The number of hydrogen-bond acceptors (Lipinski definition) is 7. The van der Waals surface area contributed by atoms with Gasteiger partial charge in [-0.1, -0.05) is 0 Å². The normalized spacial score (nSPS) is 37.9. The highest BCUT2D eigenvalue weighted by molar-refractivity contribution is 5.08. The molecule has 6 aliphatic rings. The number of hydrogen-bond donors (Lipinski definition) is 3. The van der Waals surface area contributed by atoms with E-state index in [0.717, 1.165) is 50.1 Å². The van der Waals surface area contributed by atoms with Crippen LogP contribution in [0, 0.1) is 17.3 Å². The molecule has 4 N–H and O–H groups in total. The Hall–Kier alpha value is -0.280. The van der Waals surface area contributed by atoms with E-state index in [1.54, 1.807) is 0 Å². The fourth-order valence-electron chi connectivity index (χ4n) is 5.92. The molecule has 2 bridgehead atoms. The third kappa shape index (κ3) is 5.68. The highest BCUT2D eigenvalue weighted by Gasteiger charge is 2.53. The number of likely N-dealkylation sites (tertiary alicyclic amines) is 2. The first kappa shape index (κ1) is 24.8. The molecule has 1 saturated carbocycles. The first-order valence-corrected chi connectivity index (χ1v) is 13.2. The minimum Gasteiger partial charge on any atom is -0.370 e. The number of piperidine rings is 1. The molecule has 5 aliphatic heterocycles. The van der Waals surface area contributed by atoms with Crippen LogP contribution in [0.25, 0.3) is 0 Å². The molecule has 0 aromatic carbocycles. The molecule has 0 aromatic heterocycles. The molecule has 7 heteroatoms. The van der Waals surface area contributed by atoms with Crippen LogP contribution < -0.4 is 16.4 Å². The molecule has 186 valence electrons. The van der Waals surface area contributed by atoms with Gasteiger partial charge in [0.2, 0.25) is 0 Å². The van der Waals surface area contributed by atoms with E-state index in [0.29, 0.717) is 29.7 Å². The van der Waals surface area contributed by atoms with Gasteiger partial charge in [-0.2, -0.15) is 0 Å². The number of nitrogens with two attached hydrogens (primary N) is 1. The molecule has 4 atom stereocenters. The third-order valence-electron chi connectivity index (χ3n) is 8.56. The summed E-state index contributed by atoms with van der Waals surface area (Å²) in [4.78, 5) is 7.58. The molecule has 6 rings (SSSR count). The summed E-state index contributed by atoms with van der Waals surface area (Å²) >= 11 is 0. The molecule has 6 fully saturated rings. The number of fused-ring (bicyclic) bond motifs is 3. The largest absolute Gasteiger partial charge is 0.370 e. The molecule has 5 saturated heterocycles. The second-order valence-electron chi connectivity index (χ2n) is 12.1. The second kappa shape index (κ2) is 10.1. The maximum Gasteiger partial charge on any atom is 0.0831 e. The second-order valence-corrected chi connectivity index (χ2v) is 12.1. The minimum absolute atomic E-state index is 0.430. The summed E-state index contributed by atoms with van der Waals surface area (Å²) < 4.78 is 5.80. The minimum atomic E-state index is 0.430. The van der Waals surface area contributed by atoms with Crippen LogP contribution in [0.5, 0.6) is 0 Å². The van der Waals surface area contributed by atoms with Gasteiger partial charge in [-0.15, -0.1) is 0 Å². The molecule has 32 heavy (non-hydrogen) atoms. The maximum atomic E-state index is 5.81. The molecular formula is C25H50N6O. The van der Waals surface area contributed by atoms with Crippen LogP contribution in [-0.2, 0) is 4.74 Å². The van der Waals surface area contributed by atoms with Gasteiger partial charge in [0.1, 0.15) is 0 Å². The topological polar surface area (TPSA) is 69.0 Å². The molecule has 0 amide bonds. The SMILES string of the molecule is CC(C)N1CC2(CNC2)C1.CC(C)N1CC2C(N)C2C1.CC(C)N1CC2CNCC(C1)O2. The lowest BCUT2D eigenvalue weighted by molar-refractivity contribution is -0.110. The lowest BCUT2D eigenvalue weighted by atomic mass is 9.74. The van der Waals surface area contributed by atoms with Gasteiger partial charge in [0, 0.05) is 95.0 Å². The summed E-state index contributed by atoms with van der Waals surface area (Å²) in [7, 11) is 0. The maximum absolute atomic E-state index is 5.81. The van der Waals surface area contributed by atoms with Crippen LogP contribution in [0.4, 0.5) is 0 Å². The van der Waals surface area contributed by atoms with Gasteiger partial charge < -0.3 is 26.0 Å². The predicted molar refractivity (Wildman–Crippen MR) is 132 cm³/mol. The smallest absolute Gasteiger partial charge is 0.0831 e. The zero-order valence-electron chi connectivity index (χ0n) is 21.5. The summed E-state index contributed by atoms with van der Waals surface area (Å²) in [5.74, 6) is 1.70. The molecule has 1 aliphatic carbocycles. The van der Waals surface area contributed by atoms with Gasteiger partial charge in [-0.05, 0) is 53.4 Å². The molecule has 0 radical (unpaired) electrons. The Morgan fingerprint density at radius 1 is 0.719 bits per heavy atom. The van der Waals surface area contributed by atoms with Crippen molar-refractivity contribution in [1.29, 1.82) is 0 Å². The molecule has 1 spiro atoms. The van der Waals surface area contributed by atoms with E-state index in [-0.39, 0.29) is 0 Å². The summed E-state index contributed by atoms with van der Waals surface area (Å²) in [6, 6.07) is 2.69. The first-order valence-electron chi connectivity index (χ1n) is 13.2. The Morgan fingerprint density at radius 2 is 1.19 bits per heavy atom. The molecule has 4 unspecified atom stereocenters. The van der Waals surface area contributed by atoms with Crippen LogP contribution in [0.3, 0.4) is 0 Å². The number of rotatable bonds is 3. The lowest BCUT2D eigenvalue weighted by Crippen LogP contribution is -2.72. The summed E-state index contributed by atoms with van der Waals surface area (Å²) in [6.45, 7) is 25.5. The number of nitrogens with zero attached hydrogens (tertiary/aromatic N) is 3. The van der Waals surface area contributed by atoms with E-state index in [4.69, 9.17) is 10.5 Å². The fourth-order valence-corrected chi connectivity index (χ4v) is 5.92. The van der Waals surface area contributed by atoms with Crippen LogP contribution in [0.1, 0.15) is 41.5 Å². The monoisotopic (exact) mass is 450 g/mol. The van der Waals surface area contributed by atoms with E-state index in [2.05, 4.69) is 66.9 Å². The predicted octanol–water partition coefficient (Wildman–Crippen LogP) is 0.651. The van der Waals surface area contributed by atoms with Crippen molar-refractivity contribution in [3.05, 3.63) is 0 Å². The average molecular weight is 451 g/mol. The lowest BCUT2D eigenvalue weighted by Gasteiger charge is -2.57. The van der Waals surface area contributed by atoms with Crippen molar-refractivity contribution < 1.29 is 4.74 Å². The zero-order chi connectivity index (χ0) is 23.0. The van der Waals surface area contributed by atoms with Crippen molar-refractivity contribution >= 4 is 0 Å². The number of nitrogens with one attached hydrogen (secondary N) is 2. The van der Waals surface area contributed by atoms with Crippen LogP contribution in [0.15, 0.2) is 0 Å². The highest BCUT2D eigenvalue weighted by Crippen LogP contribution is 2.44. The van der Waals surface area contributed by atoms with E-state index in [1.807, 2.05) is 0 Å². The molecule has 0 aromatic rings. The Kier molecular flexibility index (Phi) is 7.87. The van der Waals surface area contributed by atoms with Crippen molar-refractivity contribution in [3.8, 4) is 0 Å². The van der Waals surface area contributed by atoms with Gasteiger partial charge in [-0.25, -0.2) is 0 Å². The molecule has 5 heterocycles. The zero-order valence-corrected chi connectivity index (χ0v) is 21.5. The van der Waals surface area contributed by atoms with Gasteiger partial charge in [0.05, 0.1) is 12.2 Å². The van der Waals surface area contributed by atoms with E-state index >= 15 is 0 Å². The van der Waals surface area contributed by atoms with Crippen molar-refractivity contribution in [2.75, 3.05) is 65.4 Å². The van der Waals surface area contributed by atoms with Crippen LogP contribution in [-0.4, -0.2) is 117 Å². The molecule has 7 nitrogen and oxygen atoms in total. The number of morpholine rings is 2. The van der Waals surface area contributed by atoms with Crippen molar-refractivity contribution in [2.45, 2.75) is 77.9 Å². The standard InChI is InChI=1S/C9H18N2O.2C8H16N2/c1-7(2)11-5-8-3-10-4-9(6-11)12-8;1-7(2)10-5-8(6-10)3-9-4-8;1-5(2)10-3-6-7(4-10)8(6)9/h7-10H,3-6H2,1-2H3;7,9H,3-6H2,1-2H3;5-8H,3-4,9H2,1-2H3. The number of ether oxygens (including phenoxy) is 1. The Bertz CT molecular complexity index is 577. The van der Waals surface area contributed by atoms with Crippen LogP contribution >= 0.6 is 0 Å². The summed E-state index contributed by atoms with van der Waals surface area (Å²) in [5, 5.41) is 6.73. The molecular weight excluding hydrogens is 400 g/mol. The Labute approximate surface area is 196 Å². The third-order valence-corrected chi connectivity index (χ3v) is 8.56. The van der Waals surface area contributed by atoms with Crippen LogP contribution in [0.2, 0.25) is 0 Å². The Morgan fingerprint density at radius 3 is 1.59 bits per heavy atom. The van der Waals surface area contributed by atoms with E-state index < -0.39 is 0 Å².